The molecule has 1 N–H and O–H groups in total. The van der Waals surface area contributed by atoms with Gasteiger partial charge in [-0.15, -0.1) is 0 Å². The Bertz CT molecular complexity index is 1160. The highest BCUT2D eigenvalue weighted by molar-refractivity contribution is 6.34. The van der Waals surface area contributed by atoms with Crippen LogP contribution in [0.15, 0.2) is 54.7 Å². The second-order valence-corrected chi connectivity index (χ2v) is 8.76. The topological polar surface area (TPSA) is 83.1 Å². The Hall–Kier alpha value is -3.37. The number of nitrogens with one attached hydrogen (secondary N) is 1. The molecule has 0 spiro atoms. The van der Waals surface area contributed by atoms with Crippen LogP contribution in [0.2, 0.25) is 5.02 Å². The number of nitrogens with zero attached hydrogens (tertiary/aromatic N) is 6. The second-order valence-electron chi connectivity index (χ2n) is 8.35. The van der Waals surface area contributed by atoms with Crippen molar-refractivity contribution in [3.05, 3.63) is 59.8 Å². The summed E-state index contributed by atoms with van der Waals surface area (Å²) >= 11 is 6.32. The third-order valence-corrected chi connectivity index (χ3v) is 5.98. The summed E-state index contributed by atoms with van der Waals surface area (Å²) in [6.07, 6.45) is 4.85. The second kappa shape index (κ2) is 9.41. The number of piperazine rings is 1. The molecular formula is C24H26ClN7. The monoisotopic (exact) mass is 447 g/mol. The first-order valence-electron chi connectivity index (χ1n) is 10.7. The number of nitriles is 1. The summed E-state index contributed by atoms with van der Waals surface area (Å²) in [7, 11) is 0. The van der Waals surface area contributed by atoms with E-state index in [9.17, 15) is 5.26 Å². The molecule has 1 aromatic heterocycles. The molecular weight excluding hydrogens is 422 g/mol. The minimum Gasteiger partial charge on any atom is -0.351 e. The van der Waals surface area contributed by atoms with E-state index in [0.29, 0.717) is 36.3 Å². The molecule has 7 nitrogen and oxygen atoms in total. The van der Waals surface area contributed by atoms with Gasteiger partial charge in [0.1, 0.15) is 5.82 Å². The number of halogens is 1. The molecule has 1 aliphatic heterocycles. The number of fused-ring (bicyclic) bond motifs is 1. The van der Waals surface area contributed by atoms with Gasteiger partial charge in [0.05, 0.1) is 27.9 Å². The predicted molar refractivity (Wildman–Crippen MR) is 129 cm³/mol. The smallest absolute Gasteiger partial charge is 0.212 e. The summed E-state index contributed by atoms with van der Waals surface area (Å²) in [5.74, 6) is 1.43. The van der Waals surface area contributed by atoms with Gasteiger partial charge in [0.15, 0.2) is 6.19 Å². The number of anilines is 2. The number of rotatable bonds is 4. The Kier molecular flexibility index (Phi) is 6.42. The molecule has 1 saturated heterocycles. The van der Waals surface area contributed by atoms with Crippen molar-refractivity contribution in [1.82, 2.24) is 14.9 Å². The normalized spacial score (nSPS) is 16.3. The number of para-hydroxylation sites is 3. The molecule has 1 fully saturated rings. The fraction of sp³-hybridized carbons (Fsp3) is 0.333. The molecule has 0 radical (unpaired) electrons. The summed E-state index contributed by atoms with van der Waals surface area (Å²) in [6, 6.07) is 15.0. The van der Waals surface area contributed by atoms with Crippen LogP contribution < -0.4 is 9.80 Å². The van der Waals surface area contributed by atoms with E-state index < -0.39 is 0 Å². The lowest BCUT2D eigenvalue weighted by molar-refractivity contribution is 0.242. The molecule has 1 unspecified atom stereocenters. The van der Waals surface area contributed by atoms with Gasteiger partial charge in [0.2, 0.25) is 5.96 Å². The maximum absolute atomic E-state index is 9.82. The molecule has 0 amide bonds. The molecule has 0 saturated carbocycles. The molecule has 1 atom stereocenters. The summed E-state index contributed by atoms with van der Waals surface area (Å²) in [5.41, 5.74) is 2.27. The van der Waals surface area contributed by atoms with Gasteiger partial charge in [0, 0.05) is 25.7 Å². The van der Waals surface area contributed by atoms with E-state index in [1.54, 1.807) is 12.1 Å². The van der Waals surface area contributed by atoms with Gasteiger partial charge in [-0.25, -0.2) is 9.88 Å². The van der Waals surface area contributed by atoms with Crippen LogP contribution >= 0.6 is 11.6 Å². The van der Waals surface area contributed by atoms with E-state index in [0.717, 1.165) is 23.3 Å². The van der Waals surface area contributed by atoms with Gasteiger partial charge in [0.25, 0.3) is 0 Å². The molecule has 0 aliphatic carbocycles. The van der Waals surface area contributed by atoms with Crippen molar-refractivity contribution in [3.8, 4) is 6.19 Å². The molecule has 2 heterocycles. The van der Waals surface area contributed by atoms with Crippen molar-refractivity contribution < 1.29 is 0 Å². The van der Waals surface area contributed by atoms with E-state index in [1.807, 2.05) is 47.5 Å². The minimum absolute atomic E-state index is 0.0582. The van der Waals surface area contributed by atoms with Gasteiger partial charge < -0.3 is 9.80 Å². The Labute approximate surface area is 193 Å². The summed E-state index contributed by atoms with van der Waals surface area (Å²) in [5, 5.41) is 19.1. The SMILES string of the molecule is CC(C)CC1CN(c2cnc3ccccc3n2)CCN1C(=N)N(C#N)c1ccccc1Cl. The Morgan fingerprint density at radius 2 is 1.91 bits per heavy atom. The van der Waals surface area contributed by atoms with Crippen molar-refractivity contribution in [2.24, 2.45) is 5.92 Å². The van der Waals surface area contributed by atoms with E-state index >= 15 is 0 Å². The predicted octanol–water partition coefficient (Wildman–Crippen LogP) is 4.74. The lowest BCUT2D eigenvalue weighted by Crippen LogP contribution is -2.58. The Morgan fingerprint density at radius 3 is 2.62 bits per heavy atom. The maximum atomic E-state index is 9.82. The van der Waals surface area contributed by atoms with Crippen LogP contribution in [0.5, 0.6) is 0 Å². The van der Waals surface area contributed by atoms with Gasteiger partial charge in [-0.2, -0.15) is 5.26 Å². The molecule has 164 valence electrons. The Morgan fingerprint density at radius 1 is 1.19 bits per heavy atom. The number of hydrogen-bond acceptors (Lipinski definition) is 5. The van der Waals surface area contributed by atoms with Crippen molar-refractivity contribution in [1.29, 1.82) is 10.7 Å². The van der Waals surface area contributed by atoms with E-state index in [-0.39, 0.29) is 12.0 Å². The van der Waals surface area contributed by atoms with Crippen LogP contribution in [-0.4, -0.2) is 46.5 Å². The standard InChI is InChI=1S/C24H26ClN7/c1-17(2)13-18-15-30(23-14-28-20-8-4-5-9-21(20)29-23)11-12-31(18)24(27)32(16-26)22-10-6-3-7-19(22)25/h3-10,14,17-18,27H,11-13,15H2,1-2H3. The molecule has 32 heavy (non-hydrogen) atoms. The van der Waals surface area contributed by atoms with Gasteiger partial charge in [-0.1, -0.05) is 49.7 Å². The van der Waals surface area contributed by atoms with E-state index in [2.05, 4.69) is 29.9 Å². The molecule has 0 bridgehead atoms. The number of guanidine groups is 1. The summed E-state index contributed by atoms with van der Waals surface area (Å²) < 4.78 is 0. The largest absolute Gasteiger partial charge is 0.351 e. The average molecular weight is 448 g/mol. The van der Waals surface area contributed by atoms with Gasteiger partial charge >= 0.3 is 0 Å². The molecule has 4 rings (SSSR count). The lowest BCUT2D eigenvalue weighted by Gasteiger charge is -2.44. The van der Waals surface area contributed by atoms with Crippen LogP contribution in [0, 0.1) is 22.8 Å². The van der Waals surface area contributed by atoms with Crippen LogP contribution in [-0.2, 0) is 0 Å². The number of benzene rings is 2. The molecule has 8 heteroatoms. The first-order valence-corrected chi connectivity index (χ1v) is 11.1. The minimum atomic E-state index is 0.0582. The first-order chi connectivity index (χ1) is 15.5. The van der Waals surface area contributed by atoms with Crippen molar-refractivity contribution in [2.75, 3.05) is 29.4 Å². The average Bonchev–Trinajstić information content (AvgIpc) is 2.80. The zero-order valence-electron chi connectivity index (χ0n) is 18.2. The third kappa shape index (κ3) is 4.46. The van der Waals surface area contributed by atoms with Crippen LogP contribution in [0.1, 0.15) is 20.3 Å². The quantitative estimate of drug-likeness (QED) is 0.269. The van der Waals surface area contributed by atoms with E-state index in [1.165, 1.54) is 4.90 Å². The zero-order chi connectivity index (χ0) is 22.7. The zero-order valence-corrected chi connectivity index (χ0v) is 19.0. The fourth-order valence-electron chi connectivity index (χ4n) is 4.16. The summed E-state index contributed by atoms with van der Waals surface area (Å²) in [6.45, 7) is 6.34. The first kappa shape index (κ1) is 21.8. The van der Waals surface area contributed by atoms with E-state index in [4.69, 9.17) is 22.0 Å². The molecule has 1 aliphatic rings. The van der Waals surface area contributed by atoms with Crippen molar-refractivity contribution in [3.63, 3.8) is 0 Å². The highest BCUT2D eigenvalue weighted by Crippen LogP contribution is 2.28. The summed E-state index contributed by atoms with van der Waals surface area (Å²) in [4.78, 5) is 14.9. The molecule has 3 aromatic rings. The highest BCUT2D eigenvalue weighted by Gasteiger charge is 2.33. The maximum Gasteiger partial charge on any atom is 0.212 e. The fourth-order valence-corrected chi connectivity index (χ4v) is 4.38. The van der Waals surface area contributed by atoms with Crippen LogP contribution in [0.25, 0.3) is 11.0 Å². The van der Waals surface area contributed by atoms with Crippen molar-refractivity contribution in [2.45, 2.75) is 26.3 Å². The van der Waals surface area contributed by atoms with Gasteiger partial charge in [-0.05, 0) is 36.6 Å². The molecule has 2 aromatic carbocycles. The lowest BCUT2D eigenvalue weighted by atomic mass is 10.00. The van der Waals surface area contributed by atoms with Crippen LogP contribution in [0.3, 0.4) is 0 Å². The Balaban J connectivity index is 1.59. The van der Waals surface area contributed by atoms with Crippen LogP contribution in [0.4, 0.5) is 11.5 Å². The van der Waals surface area contributed by atoms with Crippen molar-refractivity contribution >= 4 is 40.1 Å². The number of aromatic nitrogens is 2. The van der Waals surface area contributed by atoms with Gasteiger partial charge in [-0.3, -0.25) is 10.4 Å². The third-order valence-electron chi connectivity index (χ3n) is 5.66. The number of hydrogen-bond donors (Lipinski definition) is 1. The highest BCUT2D eigenvalue weighted by atomic mass is 35.5.